The van der Waals surface area contributed by atoms with Crippen LogP contribution in [0, 0.1) is 6.92 Å². The summed E-state index contributed by atoms with van der Waals surface area (Å²) in [7, 11) is -3.97. The third-order valence-electron chi connectivity index (χ3n) is 3.47. The molecule has 0 saturated heterocycles. The predicted molar refractivity (Wildman–Crippen MR) is 86.2 cm³/mol. The molecule has 0 aliphatic heterocycles. The summed E-state index contributed by atoms with van der Waals surface area (Å²) in [5.41, 5.74) is -0.128. The average molecular weight is 419 g/mol. The van der Waals surface area contributed by atoms with Gasteiger partial charge in [-0.2, -0.15) is 13.2 Å². The van der Waals surface area contributed by atoms with Gasteiger partial charge in [-0.3, -0.25) is 0 Å². The van der Waals surface area contributed by atoms with Gasteiger partial charge < -0.3 is 0 Å². The fraction of sp³-hybridized carbons (Fsp3) is 0.133. The van der Waals surface area contributed by atoms with Gasteiger partial charge in [0.1, 0.15) is 0 Å². The van der Waals surface area contributed by atoms with E-state index in [9.17, 15) is 21.6 Å². The zero-order valence-electron chi connectivity index (χ0n) is 12.2. The first-order chi connectivity index (χ1) is 11.1. The minimum atomic E-state index is -4.56. The molecule has 3 rings (SSSR count). The van der Waals surface area contributed by atoms with E-state index in [1.165, 1.54) is 18.3 Å². The van der Waals surface area contributed by atoms with Gasteiger partial charge >= 0.3 is 6.18 Å². The van der Waals surface area contributed by atoms with Crippen LogP contribution >= 0.6 is 15.9 Å². The van der Waals surface area contributed by atoms with Crippen molar-refractivity contribution >= 4 is 37.0 Å². The summed E-state index contributed by atoms with van der Waals surface area (Å²) in [4.78, 5) is 3.74. The number of nitrogens with zero attached hydrogens (tertiary/aromatic N) is 2. The van der Waals surface area contributed by atoms with Crippen LogP contribution in [0.15, 0.2) is 52.1 Å². The van der Waals surface area contributed by atoms with Gasteiger partial charge in [-0.15, -0.1) is 0 Å². The van der Waals surface area contributed by atoms with E-state index in [1.807, 2.05) is 6.92 Å². The van der Waals surface area contributed by atoms with E-state index < -0.39 is 21.8 Å². The third-order valence-corrected chi connectivity index (χ3v) is 5.76. The largest absolute Gasteiger partial charge is 0.417 e. The first-order valence-corrected chi connectivity index (χ1v) is 8.90. The summed E-state index contributed by atoms with van der Waals surface area (Å²) in [6, 6.07) is 7.03. The standard InChI is InChI=1S/C15H10BrF3N2O2S/c1-9-2-4-11(5-3-9)24(22,23)21-8-13(16)12-6-10(15(17,18)19)7-20-14(12)21/h2-8H,1H3. The van der Waals surface area contributed by atoms with Gasteiger partial charge in [0.25, 0.3) is 10.0 Å². The molecule has 4 nitrogen and oxygen atoms in total. The molecule has 0 amide bonds. The van der Waals surface area contributed by atoms with E-state index in [0.29, 0.717) is 6.20 Å². The monoisotopic (exact) mass is 418 g/mol. The van der Waals surface area contributed by atoms with Crippen molar-refractivity contribution in [2.24, 2.45) is 0 Å². The molecule has 0 atom stereocenters. The van der Waals surface area contributed by atoms with Crippen molar-refractivity contribution in [3.8, 4) is 0 Å². The Balaban J connectivity index is 2.22. The lowest BCUT2D eigenvalue weighted by Gasteiger charge is -2.08. The van der Waals surface area contributed by atoms with Crippen molar-refractivity contribution in [2.75, 3.05) is 0 Å². The molecule has 1 aromatic carbocycles. The van der Waals surface area contributed by atoms with E-state index in [4.69, 9.17) is 0 Å². The first-order valence-electron chi connectivity index (χ1n) is 6.67. The van der Waals surface area contributed by atoms with Crippen molar-refractivity contribution in [1.29, 1.82) is 0 Å². The fourth-order valence-electron chi connectivity index (χ4n) is 2.20. The van der Waals surface area contributed by atoms with E-state index >= 15 is 0 Å². The minimum absolute atomic E-state index is 0.0270. The summed E-state index contributed by atoms with van der Waals surface area (Å²) < 4.78 is 65.0. The van der Waals surface area contributed by atoms with Crippen molar-refractivity contribution in [2.45, 2.75) is 18.0 Å². The number of pyridine rings is 1. The van der Waals surface area contributed by atoms with Crippen LogP contribution in [0.25, 0.3) is 11.0 Å². The van der Waals surface area contributed by atoms with Gasteiger partial charge in [-0.25, -0.2) is 17.4 Å². The normalized spacial score (nSPS) is 12.7. The van der Waals surface area contributed by atoms with Gasteiger partial charge in [-0.05, 0) is 41.1 Å². The predicted octanol–water partition coefficient (Wildman–Crippen LogP) is 4.36. The summed E-state index contributed by atoms with van der Waals surface area (Å²) in [6.45, 7) is 1.82. The second kappa shape index (κ2) is 5.59. The van der Waals surface area contributed by atoms with Crippen molar-refractivity contribution < 1.29 is 21.6 Å². The lowest BCUT2D eigenvalue weighted by atomic mass is 10.2. The maximum absolute atomic E-state index is 12.8. The molecule has 0 unspecified atom stereocenters. The molecule has 2 heterocycles. The second-order valence-electron chi connectivity index (χ2n) is 5.18. The lowest BCUT2D eigenvalue weighted by Crippen LogP contribution is -2.13. The number of hydrogen-bond donors (Lipinski definition) is 0. The highest BCUT2D eigenvalue weighted by molar-refractivity contribution is 9.10. The molecule has 0 saturated carbocycles. The Morgan fingerprint density at radius 2 is 1.79 bits per heavy atom. The molecule has 0 aliphatic rings. The highest BCUT2D eigenvalue weighted by Crippen LogP contribution is 2.34. The van der Waals surface area contributed by atoms with Crippen molar-refractivity contribution in [3.05, 3.63) is 58.3 Å². The molecule has 126 valence electrons. The SMILES string of the molecule is Cc1ccc(S(=O)(=O)n2cc(Br)c3cc(C(F)(F)F)cnc32)cc1. The van der Waals surface area contributed by atoms with Gasteiger partial charge in [0.05, 0.1) is 10.5 Å². The number of hydrogen-bond acceptors (Lipinski definition) is 3. The summed E-state index contributed by atoms with van der Waals surface area (Å²) in [5, 5.41) is 0.0699. The number of alkyl halides is 3. The Hall–Kier alpha value is -1.87. The molecule has 0 bridgehead atoms. The number of aromatic nitrogens is 2. The number of benzene rings is 1. The van der Waals surface area contributed by atoms with Crippen LogP contribution < -0.4 is 0 Å². The van der Waals surface area contributed by atoms with E-state index in [2.05, 4.69) is 20.9 Å². The highest BCUT2D eigenvalue weighted by atomic mass is 79.9. The van der Waals surface area contributed by atoms with Crippen LogP contribution in [0.3, 0.4) is 0 Å². The Morgan fingerprint density at radius 1 is 1.17 bits per heavy atom. The molecular formula is C15H10BrF3N2O2S. The van der Waals surface area contributed by atoms with E-state index in [-0.39, 0.29) is 20.4 Å². The topological polar surface area (TPSA) is 52.0 Å². The fourth-order valence-corrected chi connectivity index (χ4v) is 4.16. The molecule has 0 fully saturated rings. The van der Waals surface area contributed by atoms with Crippen LogP contribution in [0.5, 0.6) is 0 Å². The molecule has 24 heavy (non-hydrogen) atoms. The highest BCUT2D eigenvalue weighted by Gasteiger charge is 2.32. The van der Waals surface area contributed by atoms with Crippen LogP contribution in [0.2, 0.25) is 0 Å². The van der Waals surface area contributed by atoms with Crippen molar-refractivity contribution in [3.63, 3.8) is 0 Å². The second-order valence-corrected chi connectivity index (χ2v) is 7.85. The lowest BCUT2D eigenvalue weighted by molar-refractivity contribution is -0.137. The molecule has 0 N–H and O–H groups in total. The molecule has 3 aromatic rings. The van der Waals surface area contributed by atoms with Crippen LogP contribution in [-0.4, -0.2) is 17.4 Å². The molecule has 2 aromatic heterocycles. The smallest absolute Gasteiger partial charge is 0.237 e. The molecule has 0 radical (unpaired) electrons. The zero-order valence-corrected chi connectivity index (χ0v) is 14.6. The molecule has 0 spiro atoms. The Bertz CT molecular complexity index is 1030. The number of fused-ring (bicyclic) bond motifs is 1. The Labute approximate surface area is 144 Å². The van der Waals surface area contributed by atoms with Gasteiger partial charge in [0.15, 0.2) is 5.65 Å². The van der Waals surface area contributed by atoms with Gasteiger partial charge in [-0.1, -0.05) is 17.7 Å². The van der Waals surface area contributed by atoms with Gasteiger partial charge in [0.2, 0.25) is 0 Å². The van der Waals surface area contributed by atoms with E-state index in [1.54, 1.807) is 12.1 Å². The van der Waals surface area contributed by atoms with E-state index in [0.717, 1.165) is 15.6 Å². The quantitative estimate of drug-likeness (QED) is 0.620. The molecule has 0 aliphatic carbocycles. The third kappa shape index (κ3) is 2.82. The Kier molecular flexibility index (Phi) is 3.95. The average Bonchev–Trinajstić information content (AvgIpc) is 2.84. The summed E-state index contributed by atoms with van der Waals surface area (Å²) >= 11 is 3.10. The minimum Gasteiger partial charge on any atom is -0.237 e. The van der Waals surface area contributed by atoms with Crippen LogP contribution in [0.4, 0.5) is 13.2 Å². The zero-order chi connectivity index (χ0) is 17.7. The summed E-state index contributed by atoms with van der Waals surface area (Å²) in [5.74, 6) is 0. The maximum atomic E-state index is 12.8. The summed E-state index contributed by atoms with van der Waals surface area (Å²) in [6.07, 6.45) is -2.73. The molecule has 9 heteroatoms. The number of halogens is 4. The van der Waals surface area contributed by atoms with Gasteiger partial charge in [0, 0.05) is 22.3 Å². The van der Waals surface area contributed by atoms with Crippen LogP contribution in [0.1, 0.15) is 11.1 Å². The first kappa shape index (κ1) is 17.0. The Morgan fingerprint density at radius 3 is 2.38 bits per heavy atom. The maximum Gasteiger partial charge on any atom is 0.417 e. The molecular weight excluding hydrogens is 409 g/mol. The van der Waals surface area contributed by atoms with Crippen LogP contribution in [-0.2, 0) is 16.2 Å². The number of rotatable bonds is 2. The number of aryl methyl sites for hydroxylation is 1. The van der Waals surface area contributed by atoms with Crippen molar-refractivity contribution in [1.82, 2.24) is 8.96 Å².